The van der Waals surface area contributed by atoms with E-state index in [0.717, 1.165) is 0 Å². The Kier molecular flexibility index (Phi) is 5.89. The topological polar surface area (TPSA) is 107 Å². The summed E-state index contributed by atoms with van der Waals surface area (Å²) in [4.78, 5) is 0. The van der Waals surface area contributed by atoms with Crippen molar-refractivity contribution in [2.24, 2.45) is 10.8 Å². The molecule has 10 heteroatoms. The zero-order chi connectivity index (χ0) is 17.6. The van der Waals surface area contributed by atoms with Crippen LogP contribution in [0.25, 0.3) is 0 Å². The number of hydrogen-bond acceptors (Lipinski definition) is 5. The zero-order valence-corrected chi connectivity index (χ0v) is 11.9. The first kappa shape index (κ1) is 18.2. The van der Waals surface area contributed by atoms with Gasteiger partial charge in [-0.1, -0.05) is 0 Å². The number of nitrogens with one attached hydrogen (secondary N) is 2. The van der Waals surface area contributed by atoms with Gasteiger partial charge in [0, 0.05) is 0 Å². The summed E-state index contributed by atoms with van der Waals surface area (Å²) in [7, 11) is 0. The number of rotatable bonds is 7. The number of nitrogens with zero attached hydrogens (tertiary/aromatic N) is 2. The van der Waals surface area contributed by atoms with E-state index in [4.69, 9.17) is 16.4 Å². The molecular weight excluding hydrogens is 318 g/mol. The Morgan fingerprint density at radius 1 is 1.52 bits per heavy atom. The lowest BCUT2D eigenvalue weighted by Crippen LogP contribution is -2.33. The number of nitrogens with two attached hydrogens (primary N) is 1. The van der Waals surface area contributed by atoms with Crippen LogP contribution in [-0.4, -0.2) is 30.5 Å². The molecule has 0 aromatic heterocycles. The summed E-state index contributed by atoms with van der Waals surface area (Å²) in [5, 5.41) is 19.4. The predicted molar refractivity (Wildman–Crippen MR) is 76.2 cm³/mol. The van der Waals surface area contributed by atoms with E-state index in [0.29, 0.717) is 11.3 Å². The van der Waals surface area contributed by atoms with Crippen LogP contribution < -0.4 is 15.9 Å². The summed E-state index contributed by atoms with van der Waals surface area (Å²) in [6.07, 6.45) is -3.81. The second-order valence-corrected chi connectivity index (χ2v) is 4.42. The van der Waals surface area contributed by atoms with Crippen molar-refractivity contribution in [3.63, 3.8) is 0 Å². The van der Waals surface area contributed by atoms with Gasteiger partial charge in [0.25, 0.3) is 0 Å². The number of hydrogen-bond donors (Lipinski definition) is 3. The van der Waals surface area contributed by atoms with E-state index in [9.17, 15) is 17.6 Å². The zero-order valence-electron chi connectivity index (χ0n) is 11.9. The standard InChI is InChI=1S/C13H13F4N5O/c1-7-4-8(23-6-13(16,17)12(14)15)2-3-9(7)21-22-10(5-18)11(19)20/h2-4,12,21H,6H2,1H3,(H3,19,20)/b22-10+. The Labute approximate surface area is 129 Å². The van der Waals surface area contributed by atoms with Crippen molar-refractivity contribution in [3.05, 3.63) is 23.8 Å². The molecule has 0 saturated carbocycles. The second kappa shape index (κ2) is 7.44. The maximum absolute atomic E-state index is 12.8. The van der Waals surface area contributed by atoms with Gasteiger partial charge >= 0.3 is 12.3 Å². The van der Waals surface area contributed by atoms with E-state index in [1.54, 1.807) is 13.0 Å². The number of hydrazone groups is 1. The van der Waals surface area contributed by atoms with Gasteiger partial charge in [0.2, 0.25) is 5.71 Å². The number of benzene rings is 1. The molecule has 0 amide bonds. The van der Waals surface area contributed by atoms with E-state index in [1.807, 2.05) is 0 Å². The van der Waals surface area contributed by atoms with Crippen molar-refractivity contribution < 1.29 is 22.3 Å². The first-order valence-corrected chi connectivity index (χ1v) is 6.15. The van der Waals surface area contributed by atoms with Gasteiger partial charge < -0.3 is 10.5 Å². The Hall–Kier alpha value is -2.83. The first-order chi connectivity index (χ1) is 10.7. The third-order valence-electron chi connectivity index (χ3n) is 2.60. The summed E-state index contributed by atoms with van der Waals surface area (Å²) < 4.78 is 54.2. The third-order valence-corrected chi connectivity index (χ3v) is 2.60. The van der Waals surface area contributed by atoms with Gasteiger partial charge in [-0.2, -0.15) is 19.1 Å². The van der Waals surface area contributed by atoms with Crippen molar-refractivity contribution >= 4 is 17.2 Å². The van der Waals surface area contributed by atoms with Crippen LogP contribution in [0.5, 0.6) is 5.75 Å². The van der Waals surface area contributed by atoms with Gasteiger partial charge in [-0.3, -0.25) is 10.8 Å². The van der Waals surface area contributed by atoms with Crippen molar-refractivity contribution in [2.75, 3.05) is 12.0 Å². The molecule has 124 valence electrons. The van der Waals surface area contributed by atoms with Crippen LogP contribution in [-0.2, 0) is 0 Å². The fourth-order valence-corrected chi connectivity index (χ4v) is 1.36. The highest BCUT2D eigenvalue weighted by Gasteiger charge is 2.41. The van der Waals surface area contributed by atoms with Crippen LogP contribution >= 0.6 is 0 Å². The Morgan fingerprint density at radius 3 is 2.65 bits per heavy atom. The van der Waals surface area contributed by atoms with Crippen LogP contribution in [0, 0.1) is 23.7 Å². The smallest absolute Gasteiger partial charge is 0.340 e. The number of alkyl halides is 4. The molecule has 0 aliphatic rings. The van der Waals surface area contributed by atoms with Gasteiger partial charge in [0.15, 0.2) is 12.4 Å². The maximum Gasteiger partial charge on any atom is 0.340 e. The Bertz CT molecular complexity index is 654. The molecule has 23 heavy (non-hydrogen) atoms. The normalized spacial score (nSPS) is 12.0. The van der Waals surface area contributed by atoms with Crippen molar-refractivity contribution in [2.45, 2.75) is 19.3 Å². The number of ether oxygens (including phenoxy) is 1. The summed E-state index contributed by atoms with van der Waals surface area (Å²) in [5.74, 6) is -4.78. The summed E-state index contributed by atoms with van der Waals surface area (Å²) >= 11 is 0. The highest BCUT2D eigenvalue weighted by molar-refractivity contribution is 6.45. The largest absolute Gasteiger partial charge is 0.487 e. The highest BCUT2D eigenvalue weighted by atomic mass is 19.3. The minimum Gasteiger partial charge on any atom is -0.487 e. The molecule has 0 spiro atoms. The van der Waals surface area contributed by atoms with Crippen LogP contribution in [0.3, 0.4) is 0 Å². The second-order valence-electron chi connectivity index (χ2n) is 4.42. The molecule has 0 aliphatic carbocycles. The van der Waals surface area contributed by atoms with E-state index in [-0.39, 0.29) is 11.5 Å². The number of halogens is 4. The first-order valence-electron chi connectivity index (χ1n) is 6.15. The van der Waals surface area contributed by atoms with Crippen molar-refractivity contribution in [3.8, 4) is 11.8 Å². The summed E-state index contributed by atoms with van der Waals surface area (Å²) in [6, 6.07) is 5.60. The fourth-order valence-electron chi connectivity index (χ4n) is 1.36. The molecule has 1 aromatic rings. The van der Waals surface area contributed by atoms with Gasteiger partial charge in [-0.15, -0.1) is 0 Å². The highest BCUT2D eigenvalue weighted by Crippen LogP contribution is 2.26. The minimum atomic E-state index is -4.24. The summed E-state index contributed by atoms with van der Waals surface area (Å²) in [6.45, 7) is 0.133. The number of aryl methyl sites for hydroxylation is 1. The van der Waals surface area contributed by atoms with Crippen molar-refractivity contribution in [1.82, 2.24) is 0 Å². The molecule has 1 aromatic carbocycles. The molecule has 0 bridgehead atoms. The average Bonchev–Trinajstić information content (AvgIpc) is 2.47. The lowest BCUT2D eigenvalue weighted by molar-refractivity contribution is -0.148. The van der Waals surface area contributed by atoms with Gasteiger partial charge in [0.05, 0.1) is 5.69 Å². The number of nitriles is 1. The molecule has 0 radical (unpaired) electrons. The fraction of sp³-hybridized carbons (Fsp3) is 0.308. The van der Waals surface area contributed by atoms with Crippen LogP contribution in [0.1, 0.15) is 5.56 Å². The lowest BCUT2D eigenvalue weighted by atomic mass is 10.2. The van der Waals surface area contributed by atoms with Crippen LogP contribution in [0.15, 0.2) is 23.3 Å². The van der Waals surface area contributed by atoms with Crippen LogP contribution in [0.4, 0.5) is 23.2 Å². The maximum atomic E-state index is 12.8. The molecule has 0 fully saturated rings. The van der Waals surface area contributed by atoms with E-state index in [1.165, 1.54) is 18.2 Å². The Balaban J connectivity index is 2.80. The van der Waals surface area contributed by atoms with E-state index >= 15 is 0 Å². The molecule has 1 rings (SSSR count). The monoisotopic (exact) mass is 331 g/mol. The molecule has 0 aliphatic heterocycles. The third kappa shape index (κ3) is 5.14. The van der Waals surface area contributed by atoms with Gasteiger partial charge in [-0.25, -0.2) is 8.78 Å². The molecule has 4 N–H and O–H groups in total. The molecule has 0 heterocycles. The SMILES string of the molecule is Cc1cc(OCC(F)(F)C(F)F)ccc1N/N=C(\C#N)C(=N)N. The quantitative estimate of drug-likeness (QED) is 0.309. The molecule has 0 unspecified atom stereocenters. The summed E-state index contributed by atoms with van der Waals surface area (Å²) in [5.41, 5.74) is 8.16. The molecule has 0 saturated heterocycles. The van der Waals surface area contributed by atoms with Crippen molar-refractivity contribution in [1.29, 1.82) is 10.7 Å². The van der Waals surface area contributed by atoms with E-state index < -0.39 is 24.8 Å². The number of amidine groups is 1. The molecule has 6 nitrogen and oxygen atoms in total. The van der Waals surface area contributed by atoms with Gasteiger partial charge in [-0.05, 0) is 30.7 Å². The van der Waals surface area contributed by atoms with E-state index in [2.05, 4.69) is 15.3 Å². The number of anilines is 1. The lowest BCUT2D eigenvalue weighted by Gasteiger charge is -2.16. The molecule has 0 atom stereocenters. The Morgan fingerprint density at radius 2 is 2.17 bits per heavy atom. The predicted octanol–water partition coefficient (Wildman–Crippen LogP) is 2.50. The molecular formula is C13H13F4N5O. The van der Waals surface area contributed by atoms with Gasteiger partial charge in [0.1, 0.15) is 11.8 Å². The van der Waals surface area contributed by atoms with Crippen LogP contribution in [0.2, 0.25) is 0 Å². The average molecular weight is 331 g/mol. The minimum absolute atomic E-state index is 0.0237.